The van der Waals surface area contributed by atoms with Crippen molar-refractivity contribution in [1.29, 1.82) is 0 Å². The number of amides is 1. The fourth-order valence-electron chi connectivity index (χ4n) is 1.50. The molecule has 6 nitrogen and oxygen atoms in total. The Labute approximate surface area is 124 Å². The number of benzene rings is 1. The van der Waals surface area contributed by atoms with Gasteiger partial charge in [-0.2, -0.15) is 0 Å². The highest BCUT2D eigenvalue weighted by molar-refractivity contribution is 6.30. The molecule has 0 saturated heterocycles. The van der Waals surface area contributed by atoms with Crippen LogP contribution in [-0.2, 0) is 14.3 Å². The van der Waals surface area contributed by atoms with E-state index in [9.17, 15) is 18.8 Å². The first kappa shape index (κ1) is 16.9. The molecule has 1 unspecified atom stereocenters. The Hall–Kier alpha value is -2.15. The Morgan fingerprint density at radius 3 is 2.62 bits per heavy atom. The van der Waals surface area contributed by atoms with Gasteiger partial charge in [-0.25, -0.2) is 9.18 Å². The standard InChI is InChI=1S/C13H13ClFNO5/c1-21-11(17)5-4-10(13(19)20)16-12(18)7-2-3-8(14)9(15)6-7/h2-3,6,10H,4-5H2,1H3,(H,16,18)(H,19,20). The van der Waals surface area contributed by atoms with E-state index in [0.29, 0.717) is 0 Å². The van der Waals surface area contributed by atoms with Gasteiger partial charge in [0.15, 0.2) is 0 Å². The third-order valence-electron chi connectivity index (χ3n) is 2.65. The minimum atomic E-state index is -1.30. The number of ether oxygens (including phenoxy) is 1. The zero-order valence-electron chi connectivity index (χ0n) is 11.1. The predicted molar refractivity (Wildman–Crippen MR) is 71.6 cm³/mol. The highest BCUT2D eigenvalue weighted by atomic mass is 35.5. The largest absolute Gasteiger partial charge is 0.480 e. The van der Waals surface area contributed by atoms with E-state index >= 15 is 0 Å². The molecule has 0 bridgehead atoms. The van der Waals surface area contributed by atoms with Crippen LogP contribution in [0.2, 0.25) is 5.02 Å². The molecule has 0 aliphatic heterocycles. The second-order valence-electron chi connectivity index (χ2n) is 4.11. The highest BCUT2D eigenvalue weighted by Crippen LogP contribution is 2.15. The number of rotatable bonds is 6. The van der Waals surface area contributed by atoms with Crippen LogP contribution < -0.4 is 5.32 Å². The molecule has 21 heavy (non-hydrogen) atoms. The third kappa shape index (κ3) is 5.03. The van der Waals surface area contributed by atoms with Gasteiger partial charge in [-0.3, -0.25) is 9.59 Å². The summed E-state index contributed by atoms with van der Waals surface area (Å²) >= 11 is 5.49. The summed E-state index contributed by atoms with van der Waals surface area (Å²) in [5.41, 5.74) is -0.0683. The van der Waals surface area contributed by atoms with Crippen LogP contribution in [0.3, 0.4) is 0 Å². The number of aliphatic carboxylic acids is 1. The Morgan fingerprint density at radius 2 is 2.10 bits per heavy atom. The van der Waals surface area contributed by atoms with Crippen molar-refractivity contribution in [2.24, 2.45) is 0 Å². The number of hydrogen-bond donors (Lipinski definition) is 2. The number of hydrogen-bond acceptors (Lipinski definition) is 4. The van der Waals surface area contributed by atoms with E-state index in [1.54, 1.807) is 0 Å². The summed E-state index contributed by atoms with van der Waals surface area (Å²) in [6.45, 7) is 0. The van der Waals surface area contributed by atoms with Gasteiger partial charge in [0.05, 0.1) is 12.1 Å². The summed E-state index contributed by atoms with van der Waals surface area (Å²) < 4.78 is 17.6. The minimum Gasteiger partial charge on any atom is -0.480 e. The number of methoxy groups -OCH3 is 1. The Morgan fingerprint density at radius 1 is 1.43 bits per heavy atom. The zero-order chi connectivity index (χ0) is 16.0. The van der Waals surface area contributed by atoms with Crippen molar-refractivity contribution in [3.63, 3.8) is 0 Å². The molecule has 1 aromatic rings. The molecule has 114 valence electrons. The van der Waals surface area contributed by atoms with E-state index in [2.05, 4.69) is 10.1 Å². The summed E-state index contributed by atoms with van der Waals surface area (Å²) in [6, 6.07) is 2.07. The van der Waals surface area contributed by atoms with Crippen LogP contribution in [-0.4, -0.2) is 36.1 Å². The van der Waals surface area contributed by atoms with Crippen LogP contribution >= 0.6 is 11.6 Å². The average Bonchev–Trinajstić information content (AvgIpc) is 2.45. The molecule has 0 radical (unpaired) electrons. The molecule has 0 fully saturated rings. The first-order chi connectivity index (χ1) is 9.85. The summed E-state index contributed by atoms with van der Waals surface area (Å²) in [6.07, 6.45) is -0.299. The smallest absolute Gasteiger partial charge is 0.326 e. The Bertz CT molecular complexity index is 563. The lowest BCUT2D eigenvalue weighted by Crippen LogP contribution is -2.41. The van der Waals surface area contributed by atoms with Gasteiger partial charge in [-0.1, -0.05) is 11.6 Å². The highest BCUT2D eigenvalue weighted by Gasteiger charge is 2.22. The van der Waals surface area contributed by atoms with Crippen molar-refractivity contribution >= 4 is 29.4 Å². The van der Waals surface area contributed by atoms with Crippen LogP contribution in [0, 0.1) is 5.82 Å². The lowest BCUT2D eigenvalue weighted by atomic mass is 10.1. The zero-order valence-corrected chi connectivity index (χ0v) is 11.8. The van der Waals surface area contributed by atoms with E-state index in [1.807, 2.05) is 0 Å². The normalized spacial score (nSPS) is 11.6. The molecule has 1 atom stereocenters. The van der Waals surface area contributed by atoms with E-state index in [4.69, 9.17) is 16.7 Å². The van der Waals surface area contributed by atoms with Crippen molar-refractivity contribution in [3.8, 4) is 0 Å². The summed E-state index contributed by atoms with van der Waals surface area (Å²) in [7, 11) is 1.17. The van der Waals surface area contributed by atoms with Gasteiger partial charge in [-0.15, -0.1) is 0 Å². The average molecular weight is 318 g/mol. The van der Waals surface area contributed by atoms with Gasteiger partial charge in [0.2, 0.25) is 0 Å². The summed E-state index contributed by atoms with van der Waals surface area (Å²) in [5, 5.41) is 11.0. The van der Waals surface area contributed by atoms with Crippen molar-refractivity contribution in [2.45, 2.75) is 18.9 Å². The molecule has 0 spiro atoms. The lowest BCUT2D eigenvalue weighted by Gasteiger charge is -2.14. The van der Waals surface area contributed by atoms with Gasteiger partial charge in [0, 0.05) is 12.0 Å². The quantitative estimate of drug-likeness (QED) is 0.778. The maximum Gasteiger partial charge on any atom is 0.326 e. The van der Waals surface area contributed by atoms with Gasteiger partial charge in [-0.05, 0) is 24.6 Å². The van der Waals surface area contributed by atoms with Crippen molar-refractivity contribution in [1.82, 2.24) is 5.32 Å². The number of esters is 1. The molecule has 1 amide bonds. The molecule has 0 saturated carbocycles. The van der Waals surface area contributed by atoms with Gasteiger partial charge < -0.3 is 15.2 Å². The second-order valence-corrected chi connectivity index (χ2v) is 4.52. The SMILES string of the molecule is COC(=O)CCC(NC(=O)c1ccc(Cl)c(F)c1)C(=O)O. The number of nitrogens with one attached hydrogen (secondary N) is 1. The predicted octanol–water partition coefficient (Wildman–Crippen LogP) is 1.62. The van der Waals surface area contributed by atoms with Crippen molar-refractivity contribution in [2.75, 3.05) is 7.11 Å². The van der Waals surface area contributed by atoms with Gasteiger partial charge in [0.1, 0.15) is 11.9 Å². The minimum absolute atomic E-state index is 0.0683. The van der Waals surface area contributed by atoms with E-state index in [1.165, 1.54) is 19.2 Å². The van der Waals surface area contributed by atoms with Crippen LogP contribution in [0.5, 0.6) is 0 Å². The lowest BCUT2D eigenvalue weighted by molar-refractivity contribution is -0.142. The van der Waals surface area contributed by atoms with Gasteiger partial charge in [0.25, 0.3) is 5.91 Å². The summed E-state index contributed by atoms with van der Waals surface area (Å²) in [5.74, 6) is -3.46. The molecule has 8 heteroatoms. The molecular formula is C13H13ClFNO5. The van der Waals surface area contributed by atoms with E-state index in [-0.39, 0.29) is 23.4 Å². The maximum atomic E-state index is 13.2. The number of carbonyl (C=O) groups excluding carboxylic acids is 2. The van der Waals surface area contributed by atoms with E-state index in [0.717, 1.165) is 6.07 Å². The topological polar surface area (TPSA) is 92.7 Å². The molecule has 0 aliphatic rings. The third-order valence-corrected chi connectivity index (χ3v) is 2.96. The van der Waals surface area contributed by atoms with E-state index < -0.39 is 29.7 Å². The Balaban J connectivity index is 2.74. The first-order valence-corrected chi connectivity index (χ1v) is 6.28. The molecule has 0 aromatic heterocycles. The number of carboxylic acids is 1. The molecule has 2 N–H and O–H groups in total. The monoisotopic (exact) mass is 317 g/mol. The Kier molecular flexibility index (Phi) is 6.10. The van der Waals surface area contributed by atoms with Crippen molar-refractivity contribution in [3.05, 3.63) is 34.6 Å². The van der Waals surface area contributed by atoms with Crippen LogP contribution in [0.4, 0.5) is 4.39 Å². The van der Waals surface area contributed by atoms with Crippen LogP contribution in [0.1, 0.15) is 23.2 Å². The molecule has 1 aromatic carbocycles. The number of carboxylic acid groups (broad SMARTS) is 1. The van der Waals surface area contributed by atoms with Crippen molar-refractivity contribution < 1.29 is 28.6 Å². The second kappa shape index (κ2) is 7.58. The fourth-order valence-corrected chi connectivity index (χ4v) is 1.62. The maximum absolute atomic E-state index is 13.2. The fraction of sp³-hybridized carbons (Fsp3) is 0.308. The molecular weight excluding hydrogens is 305 g/mol. The first-order valence-electron chi connectivity index (χ1n) is 5.90. The van der Waals surface area contributed by atoms with Gasteiger partial charge >= 0.3 is 11.9 Å². The number of halogens is 2. The van der Waals surface area contributed by atoms with Crippen LogP contribution in [0.25, 0.3) is 0 Å². The van der Waals surface area contributed by atoms with Crippen LogP contribution in [0.15, 0.2) is 18.2 Å². The molecule has 1 rings (SSSR count). The molecule has 0 aliphatic carbocycles. The number of carbonyl (C=O) groups is 3. The summed E-state index contributed by atoms with van der Waals surface area (Å²) in [4.78, 5) is 33.8. The molecule has 0 heterocycles.